The van der Waals surface area contributed by atoms with Gasteiger partial charge in [0.1, 0.15) is 17.2 Å². The van der Waals surface area contributed by atoms with Gasteiger partial charge in [-0.05, 0) is 23.8 Å². The van der Waals surface area contributed by atoms with Crippen LogP contribution in [0.15, 0.2) is 18.2 Å². The summed E-state index contributed by atoms with van der Waals surface area (Å²) in [5.41, 5.74) is 4.13. The van der Waals surface area contributed by atoms with Crippen LogP contribution in [-0.2, 0) is 9.53 Å². The largest absolute Gasteiger partial charge is 0.465 e. The second-order valence-electron chi connectivity index (χ2n) is 3.09. The van der Waals surface area contributed by atoms with Crippen molar-refractivity contribution in [3.63, 3.8) is 0 Å². The van der Waals surface area contributed by atoms with Crippen molar-refractivity contribution in [1.29, 1.82) is 0 Å². The average Bonchev–Trinajstić information content (AvgIpc) is 2.25. The maximum absolute atomic E-state index is 13.4. The minimum Gasteiger partial charge on any atom is -0.465 e. The molecule has 0 bridgehead atoms. The molecule has 1 aromatic carbocycles. The third-order valence-corrected chi connectivity index (χ3v) is 1.89. The first-order valence-corrected chi connectivity index (χ1v) is 4.50. The maximum atomic E-state index is 13.4. The predicted molar refractivity (Wildman–Crippen MR) is 55.9 cm³/mol. The van der Waals surface area contributed by atoms with E-state index in [4.69, 9.17) is 5.73 Å². The molecule has 2 N–H and O–H groups in total. The summed E-state index contributed by atoms with van der Waals surface area (Å²) in [6.45, 7) is 0. The van der Waals surface area contributed by atoms with E-state index in [-0.39, 0.29) is 5.56 Å². The monoisotopic (exact) mass is 241 g/mol. The number of rotatable bonds is 3. The van der Waals surface area contributed by atoms with Gasteiger partial charge in [0.05, 0.1) is 7.11 Å². The van der Waals surface area contributed by atoms with E-state index in [1.807, 2.05) is 0 Å². The van der Waals surface area contributed by atoms with Gasteiger partial charge < -0.3 is 10.5 Å². The smallest absolute Gasteiger partial charge is 0.343 e. The fraction of sp³-hybridized carbons (Fsp3) is 0.0909. The van der Waals surface area contributed by atoms with Crippen LogP contribution in [0.1, 0.15) is 15.9 Å². The normalized spacial score (nSPS) is 10.5. The molecule has 0 saturated heterocycles. The number of halogens is 2. The van der Waals surface area contributed by atoms with Crippen molar-refractivity contribution in [2.24, 2.45) is 5.73 Å². The molecule has 0 unspecified atom stereocenters. The Morgan fingerprint density at radius 2 is 1.82 bits per heavy atom. The lowest BCUT2D eigenvalue weighted by Crippen LogP contribution is -2.08. The Balaban J connectivity index is 3.18. The molecule has 0 radical (unpaired) electrons. The van der Waals surface area contributed by atoms with E-state index in [1.165, 1.54) is 0 Å². The van der Waals surface area contributed by atoms with Crippen LogP contribution in [-0.4, -0.2) is 19.0 Å². The van der Waals surface area contributed by atoms with Crippen molar-refractivity contribution in [2.75, 3.05) is 7.11 Å². The number of carbonyl (C=O) groups excluding carboxylic acids is 2. The number of methoxy groups -OCH3 is 1. The van der Waals surface area contributed by atoms with Gasteiger partial charge in [-0.15, -0.1) is 0 Å². The van der Waals surface area contributed by atoms with Crippen molar-refractivity contribution < 1.29 is 23.1 Å². The van der Waals surface area contributed by atoms with Gasteiger partial charge in [0.2, 0.25) is 5.91 Å². The quantitative estimate of drug-likeness (QED) is 0.639. The second kappa shape index (κ2) is 5.20. The van der Waals surface area contributed by atoms with Crippen LogP contribution >= 0.6 is 0 Å². The van der Waals surface area contributed by atoms with Crippen LogP contribution in [0.4, 0.5) is 8.78 Å². The van der Waals surface area contributed by atoms with E-state index in [9.17, 15) is 18.4 Å². The zero-order valence-corrected chi connectivity index (χ0v) is 8.87. The molecule has 0 fully saturated rings. The van der Waals surface area contributed by atoms with E-state index in [1.54, 1.807) is 0 Å². The molecule has 6 heteroatoms. The van der Waals surface area contributed by atoms with Gasteiger partial charge in [-0.25, -0.2) is 13.6 Å². The lowest BCUT2D eigenvalue weighted by molar-refractivity contribution is -0.113. The average molecular weight is 241 g/mol. The molecule has 17 heavy (non-hydrogen) atoms. The Morgan fingerprint density at radius 3 is 2.24 bits per heavy atom. The molecule has 0 aliphatic rings. The lowest BCUT2D eigenvalue weighted by Gasteiger charge is -2.04. The van der Waals surface area contributed by atoms with Crippen LogP contribution in [0.3, 0.4) is 0 Å². The van der Waals surface area contributed by atoms with E-state index >= 15 is 0 Å². The highest BCUT2D eigenvalue weighted by atomic mass is 19.1. The maximum Gasteiger partial charge on any atom is 0.343 e. The zero-order valence-electron chi connectivity index (χ0n) is 8.87. The lowest BCUT2D eigenvalue weighted by atomic mass is 10.1. The van der Waals surface area contributed by atoms with E-state index < -0.39 is 29.1 Å². The molecule has 1 amide bonds. The number of carbonyl (C=O) groups is 2. The van der Waals surface area contributed by atoms with Gasteiger partial charge >= 0.3 is 5.97 Å². The van der Waals surface area contributed by atoms with Crippen molar-refractivity contribution in [3.8, 4) is 0 Å². The molecule has 4 nitrogen and oxygen atoms in total. The minimum atomic E-state index is -1.11. The topological polar surface area (TPSA) is 69.4 Å². The van der Waals surface area contributed by atoms with Crippen LogP contribution in [0.2, 0.25) is 0 Å². The van der Waals surface area contributed by atoms with Crippen LogP contribution < -0.4 is 5.73 Å². The fourth-order valence-electron chi connectivity index (χ4n) is 1.16. The Kier molecular flexibility index (Phi) is 3.92. The molecule has 0 heterocycles. The summed E-state index contributed by atoms with van der Waals surface area (Å²) in [5.74, 6) is -3.99. The third-order valence-electron chi connectivity index (χ3n) is 1.89. The second-order valence-corrected chi connectivity index (χ2v) is 3.09. The summed E-state index contributed by atoms with van der Waals surface area (Å²) in [5, 5.41) is 0. The molecule has 0 spiro atoms. The van der Waals surface area contributed by atoms with Gasteiger partial charge in [0.25, 0.3) is 0 Å². The van der Waals surface area contributed by atoms with Gasteiger partial charge in [-0.3, -0.25) is 4.79 Å². The number of hydrogen-bond donors (Lipinski definition) is 1. The molecule has 0 aliphatic carbocycles. The summed E-state index contributed by atoms with van der Waals surface area (Å²) in [7, 11) is 1.02. The summed E-state index contributed by atoms with van der Waals surface area (Å²) >= 11 is 0. The third kappa shape index (κ3) is 3.10. The number of nitrogens with two attached hydrogens (primary N) is 1. The summed E-state index contributed by atoms with van der Waals surface area (Å²) in [6, 6.07) is 1.80. The molecule has 1 aromatic rings. The number of ether oxygens (including phenoxy) is 1. The molecule has 0 aliphatic heterocycles. The number of esters is 1. The Hall–Kier alpha value is -2.24. The SMILES string of the molecule is COC(=O)c1c(F)cc(C=CC(N)=O)cc1F. The molecule has 90 valence electrons. The molecule has 1 rings (SSSR count). The van der Waals surface area contributed by atoms with Gasteiger partial charge in [-0.1, -0.05) is 0 Å². The standard InChI is InChI=1S/C11H9F2NO3/c1-17-11(16)10-7(12)4-6(5-8(10)13)2-3-9(14)15/h2-5H,1H3,(H2,14,15). The van der Waals surface area contributed by atoms with Crippen LogP contribution in [0.25, 0.3) is 6.08 Å². The molecular formula is C11H9F2NO3. The molecular weight excluding hydrogens is 232 g/mol. The van der Waals surface area contributed by atoms with Gasteiger partial charge in [0.15, 0.2) is 0 Å². The Bertz CT molecular complexity index is 474. The molecule has 0 saturated carbocycles. The van der Waals surface area contributed by atoms with E-state index in [2.05, 4.69) is 4.74 Å². The predicted octanol–water partition coefficient (Wildman–Crippen LogP) is 1.25. The van der Waals surface area contributed by atoms with E-state index in [0.29, 0.717) is 0 Å². The fourth-order valence-corrected chi connectivity index (χ4v) is 1.16. The number of hydrogen-bond acceptors (Lipinski definition) is 3. The summed E-state index contributed by atoms with van der Waals surface area (Å²) < 4.78 is 31.0. The molecule has 0 aromatic heterocycles. The number of benzene rings is 1. The Morgan fingerprint density at radius 1 is 1.29 bits per heavy atom. The highest BCUT2D eigenvalue weighted by Gasteiger charge is 2.18. The first-order chi connectivity index (χ1) is 7.95. The van der Waals surface area contributed by atoms with E-state index in [0.717, 1.165) is 31.4 Å². The highest BCUT2D eigenvalue weighted by molar-refractivity contribution is 5.92. The van der Waals surface area contributed by atoms with Crippen LogP contribution in [0, 0.1) is 11.6 Å². The molecule has 0 atom stereocenters. The van der Waals surface area contributed by atoms with Crippen molar-refractivity contribution >= 4 is 18.0 Å². The summed E-state index contributed by atoms with van der Waals surface area (Å²) in [6.07, 6.45) is 2.08. The van der Waals surface area contributed by atoms with Crippen molar-refractivity contribution in [2.45, 2.75) is 0 Å². The number of primary amides is 1. The van der Waals surface area contributed by atoms with Gasteiger partial charge in [0, 0.05) is 6.08 Å². The van der Waals surface area contributed by atoms with Crippen molar-refractivity contribution in [3.05, 3.63) is 41.0 Å². The first kappa shape index (κ1) is 12.8. The summed E-state index contributed by atoms with van der Waals surface area (Å²) in [4.78, 5) is 21.5. The minimum absolute atomic E-state index is 0.0754. The Labute approximate surface area is 95.7 Å². The highest BCUT2D eigenvalue weighted by Crippen LogP contribution is 2.17. The van der Waals surface area contributed by atoms with Gasteiger partial charge in [-0.2, -0.15) is 0 Å². The zero-order chi connectivity index (χ0) is 13.0. The first-order valence-electron chi connectivity index (χ1n) is 4.50. The number of amides is 1. The van der Waals surface area contributed by atoms with Crippen molar-refractivity contribution in [1.82, 2.24) is 0 Å². The van der Waals surface area contributed by atoms with Crippen LogP contribution in [0.5, 0.6) is 0 Å².